The van der Waals surface area contributed by atoms with Gasteiger partial charge in [0.2, 0.25) is 15.9 Å². The van der Waals surface area contributed by atoms with Crippen LogP contribution in [0.25, 0.3) is 0 Å². The van der Waals surface area contributed by atoms with Crippen molar-refractivity contribution in [2.24, 2.45) is 5.92 Å². The number of hydrogen-bond donors (Lipinski definition) is 3. The van der Waals surface area contributed by atoms with Crippen molar-refractivity contribution in [2.75, 3.05) is 23.3 Å². The van der Waals surface area contributed by atoms with Crippen LogP contribution in [0.4, 0.5) is 11.4 Å². The first-order valence-corrected chi connectivity index (χ1v) is 11.9. The second-order valence-electron chi connectivity index (χ2n) is 9.21. The Labute approximate surface area is 173 Å². The van der Waals surface area contributed by atoms with Gasteiger partial charge in [-0.1, -0.05) is 0 Å². The summed E-state index contributed by atoms with van der Waals surface area (Å²) >= 11 is 0. The summed E-state index contributed by atoms with van der Waals surface area (Å²) < 4.78 is 26.6. The molecule has 0 spiro atoms. The quantitative estimate of drug-likeness (QED) is 0.676. The highest BCUT2D eigenvalue weighted by atomic mass is 32.2. The molecule has 1 aromatic rings. The molecular formula is C21H33N3O4S. The normalized spacial score (nSPS) is 25.8. The van der Waals surface area contributed by atoms with E-state index in [0.717, 1.165) is 24.3 Å². The molecule has 1 saturated heterocycles. The minimum Gasteiger partial charge on any atom is -0.391 e. The first kappa shape index (κ1) is 22.1. The summed E-state index contributed by atoms with van der Waals surface area (Å²) in [6.07, 6.45) is 3.21. The smallest absolute Gasteiger partial charge is 0.227 e. The van der Waals surface area contributed by atoms with Gasteiger partial charge < -0.3 is 15.3 Å². The lowest BCUT2D eigenvalue weighted by Gasteiger charge is -2.30. The van der Waals surface area contributed by atoms with Gasteiger partial charge in [0.1, 0.15) is 0 Å². The Balaban J connectivity index is 1.48. The Bertz CT molecular complexity index is 809. The van der Waals surface area contributed by atoms with Gasteiger partial charge in [-0.05, 0) is 77.1 Å². The average molecular weight is 424 g/mol. The van der Waals surface area contributed by atoms with E-state index in [4.69, 9.17) is 0 Å². The predicted octanol–water partition coefficient (Wildman–Crippen LogP) is 2.47. The van der Waals surface area contributed by atoms with Crippen molar-refractivity contribution >= 4 is 27.3 Å². The van der Waals surface area contributed by atoms with E-state index < -0.39 is 14.8 Å². The fraction of sp³-hybridized carbons (Fsp3) is 0.667. The summed E-state index contributed by atoms with van der Waals surface area (Å²) in [7, 11) is -3.37. The van der Waals surface area contributed by atoms with Crippen molar-refractivity contribution in [3.05, 3.63) is 24.3 Å². The van der Waals surface area contributed by atoms with Crippen LogP contribution in [0.1, 0.15) is 52.9 Å². The molecule has 3 N–H and O–H groups in total. The Morgan fingerprint density at radius 1 is 1.07 bits per heavy atom. The van der Waals surface area contributed by atoms with Crippen molar-refractivity contribution < 1.29 is 18.3 Å². The molecule has 3 rings (SSSR count). The highest BCUT2D eigenvalue weighted by Gasteiger charge is 2.34. The van der Waals surface area contributed by atoms with Crippen molar-refractivity contribution in [2.45, 2.75) is 69.8 Å². The van der Waals surface area contributed by atoms with Crippen LogP contribution in [0.15, 0.2) is 24.3 Å². The standard InChI is InChI=1S/C21H33N3O4S/c1-21(2,3)29(27,28)23-17-6-4-15(5-7-17)20(26)22-16-8-10-18(11-9-16)24-13-12-19(25)14-24/h8-11,15,17,19,23,25H,4-7,12-14H2,1-3H3,(H,22,26)/t15-,17-,19?. The van der Waals surface area contributed by atoms with E-state index in [0.29, 0.717) is 32.2 Å². The number of carbonyl (C=O) groups is 1. The number of hydrogen-bond acceptors (Lipinski definition) is 5. The van der Waals surface area contributed by atoms with E-state index in [1.54, 1.807) is 20.8 Å². The van der Waals surface area contributed by atoms with Gasteiger partial charge in [-0.25, -0.2) is 13.1 Å². The monoisotopic (exact) mass is 423 g/mol. The zero-order valence-electron chi connectivity index (χ0n) is 17.5. The summed E-state index contributed by atoms with van der Waals surface area (Å²) in [4.78, 5) is 14.7. The Hall–Kier alpha value is -1.64. The number of aliphatic hydroxyl groups is 1. The maximum absolute atomic E-state index is 12.6. The van der Waals surface area contributed by atoms with Gasteiger partial charge >= 0.3 is 0 Å². The number of benzene rings is 1. The molecule has 1 aliphatic carbocycles. The Morgan fingerprint density at radius 3 is 2.21 bits per heavy atom. The van der Waals surface area contributed by atoms with Crippen LogP contribution in [-0.2, 0) is 14.8 Å². The van der Waals surface area contributed by atoms with E-state index in [-0.39, 0.29) is 24.0 Å². The van der Waals surface area contributed by atoms with Crippen molar-refractivity contribution in [1.29, 1.82) is 0 Å². The van der Waals surface area contributed by atoms with Crippen LogP contribution in [0.2, 0.25) is 0 Å². The molecule has 1 amide bonds. The molecule has 0 radical (unpaired) electrons. The summed E-state index contributed by atoms with van der Waals surface area (Å²) in [5.74, 6) is -0.106. The zero-order valence-corrected chi connectivity index (χ0v) is 18.3. The molecule has 0 aromatic heterocycles. The van der Waals surface area contributed by atoms with Gasteiger partial charge in [0.05, 0.1) is 10.9 Å². The van der Waals surface area contributed by atoms with Crippen molar-refractivity contribution in [3.8, 4) is 0 Å². The van der Waals surface area contributed by atoms with E-state index in [1.165, 1.54) is 0 Å². The Kier molecular flexibility index (Phi) is 6.55. The summed E-state index contributed by atoms with van der Waals surface area (Å²) in [5, 5.41) is 12.6. The van der Waals surface area contributed by atoms with Gasteiger partial charge in [0, 0.05) is 36.4 Å². The fourth-order valence-corrected chi connectivity index (χ4v) is 4.87. The molecule has 29 heavy (non-hydrogen) atoms. The number of aliphatic hydroxyl groups excluding tert-OH is 1. The SMILES string of the molecule is CC(C)(C)S(=O)(=O)N[C@H]1CC[C@H](C(=O)Nc2ccc(N3CCC(O)C3)cc2)CC1. The molecule has 1 unspecified atom stereocenters. The molecule has 1 aliphatic heterocycles. The summed E-state index contributed by atoms with van der Waals surface area (Å²) in [5.41, 5.74) is 1.81. The molecule has 1 atom stereocenters. The molecule has 162 valence electrons. The second-order valence-corrected chi connectivity index (χ2v) is 11.7. The summed E-state index contributed by atoms with van der Waals surface area (Å²) in [6.45, 7) is 6.55. The number of nitrogens with zero attached hydrogens (tertiary/aromatic N) is 1. The highest BCUT2D eigenvalue weighted by Crippen LogP contribution is 2.28. The molecule has 2 aliphatic rings. The van der Waals surface area contributed by atoms with Crippen LogP contribution in [0.3, 0.4) is 0 Å². The van der Waals surface area contributed by atoms with Crippen molar-refractivity contribution in [1.82, 2.24) is 4.72 Å². The van der Waals surface area contributed by atoms with E-state index in [9.17, 15) is 18.3 Å². The average Bonchev–Trinajstić information content (AvgIpc) is 3.08. The first-order valence-electron chi connectivity index (χ1n) is 10.4. The molecule has 8 heteroatoms. The molecular weight excluding hydrogens is 390 g/mol. The molecule has 7 nitrogen and oxygen atoms in total. The third-order valence-corrected chi connectivity index (χ3v) is 8.15. The number of sulfonamides is 1. The van der Waals surface area contributed by atoms with E-state index in [2.05, 4.69) is 14.9 Å². The molecule has 0 bridgehead atoms. The number of amides is 1. The maximum Gasteiger partial charge on any atom is 0.227 e. The summed E-state index contributed by atoms with van der Waals surface area (Å²) in [6, 6.07) is 7.61. The minimum atomic E-state index is -3.37. The molecule has 2 fully saturated rings. The predicted molar refractivity (Wildman–Crippen MR) is 115 cm³/mol. The number of carbonyl (C=O) groups excluding carboxylic acids is 1. The topological polar surface area (TPSA) is 98.7 Å². The highest BCUT2D eigenvalue weighted by molar-refractivity contribution is 7.90. The lowest BCUT2D eigenvalue weighted by atomic mass is 9.86. The minimum absolute atomic E-state index is 0.00790. The van der Waals surface area contributed by atoms with E-state index >= 15 is 0 Å². The van der Waals surface area contributed by atoms with Crippen LogP contribution in [0, 0.1) is 5.92 Å². The van der Waals surface area contributed by atoms with Crippen LogP contribution in [-0.4, -0.2) is 49.4 Å². The Morgan fingerprint density at radius 2 is 1.69 bits per heavy atom. The van der Waals surface area contributed by atoms with Crippen LogP contribution >= 0.6 is 0 Å². The zero-order chi connectivity index (χ0) is 21.2. The van der Waals surface area contributed by atoms with Gasteiger partial charge in [0.15, 0.2) is 0 Å². The third kappa shape index (κ3) is 5.49. The van der Waals surface area contributed by atoms with Crippen molar-refractivity contribution in [3.63, 3.8) is 0 Å². The molecule has 1 aromatic carbocycles. The largest absolute Gasteiger partial charge is 0.391 e. The number of nitrogens with one attached hydrogen (secondary N) is 2. The third-order valence-electron chi connectivity index (χ3n) is 5.89. The van der Waals surface area contributed by atoms with Gasteiger partial charge in [-0.3, -0.25) is 4.79 Å². The number of anilines is 2. The van der Waals surface area contributed by atoms with Gasteiger partial charge in [-0.15, -0.1) is 0 Å². The van der Waals surface area contributed by atoms with Crippen LogP contribution in [0.5, 0.6) is 0 Å². The molecule has 1 saturated carbocycles. The van der Waals surface area contributed by atoms with Gasteiger partial charge in [0.25, 0.3) is 0 Å². The molecule has 1 heterocycles. The van der Waals surface area contributed by atoms with Gasteiger partial charge in [-0.2, -0.15) is 0 Å². The first-order chi connectivity index (χ1) is 13.5. The van der Waals surface area contributed by atoms with E-state index in [1.807, 2.05) is 24.3 Å². The second kappa shape index (κ2) is 8.62. The fourth-order valence-electron chi connectivity index (χ4n) is 3.85. The van der Waals surface area contributed by atoms with Crippen LogP contribution < -0.4 is 14.9 Å². The maximum atomic E-state index is 12.6. The number of β-amino-alcohol motifs (C(OH)–C–C–N with tert-alkyl or cyclic N) is 1. The number of rotatable bonds is 5. The lowest BCUT2D eigenvalue weighted by molar-refractivity contribution is -0.120. The lowest BCUT2D eigenvalue weighted by Crippen LogP contribution is -2.46.